The van der Waals surface area contributed by atoms with Crippen LogP contribution in [0.5, 0.6) is 5.75 Å². The molecule has 3 rings (SSSR count). The first-order chi connectivity index (χ1) is 9.22. The van der Waals surface area contributed by atoms with Crippen molar-refractivity contribution in [3.05, 3.63) is 47.3 Å². The van der Waals surface area contributed by atoms with Crippen molar-refractivity contribution in [3.63, 3.8) is 0 Å². The van der Waals surface area contributed by atoms with Gasteiger partial charge < -0.3 is 10.5 Å². The second-order valence-corrected chi connectivity index (χ2v) is 5.13. The van der Waals surface area contributed by atoms with Gasteiger partial charge in [-0.25, -0.2) is 0 Å². The van der Waals surface area contributed by atoms with Gasteiger partial charge in [-0.05, 0) is 30.0 Å². The minimum atomic E-state index is 0.0539. The molecule has 1 aliphatic heterocycles. The van der Waals surface area contributed by atoms with Crippen molar-refractivity contribution in [2.75, 3.05) is 6.61 Å². The molecule has 19 heavy (non-hydrogen) atoms. The molecule has 1 atom stereocenters. The molecule has 0 spiro atoms. The van der Waals surface area contributed by atoms with Crippen molar-refractivity contribution < 1.29 is 4.74 Å². The molecule has 2 N–H and O–H groups in total. The highest BCUT2D eigenvalue weighted by molar-refractivity contribution is 5.39. The molecule has 1 aromatic carbocycles. The minimum Gasteiger partial charge on any atom is -0.493 e. The Labute approximate surface area is 113 Å². The van der Waals surface area contributed by atoms with E-state index in [1.807, 2.05) is 19.4 Å². The van der Waals surface area contributed by atoms with Gasteiger partial charge >= 0.3 is 0 Å². The lowest BCUT2D eigenvalue weighted by Gasteiger charge is -2.10. The quantitative estimate of drug-likeness (QED) is 0.911. The Morgan fingerprint density at radius 3 is 3.16 bits per heavy atom. The SMILES string of the molecule is Cn1cc(C(N)CCc2ccc3c(c2)CCO3)cn1. The molecule has 2 heterocycles. The number of hydrogen-bond donors (Lipinski definition) is 1. The van der Waals surface area contributed by atoms with Crippen molar-refractivity contribution in [2.24, 2.45) is 12.8 Å². The molecule has 0 bridgehead atoms. The van der Waals surface area contributed by atoms with Crippen LogP contribution in [0.3, 0.4) is 0 Å². The van der Waals surface area contributed by atoms with Crippen molar-refractivity contribution in [1.82, 2.24) is 9.78 Å². The molecule has 0 saturated heterocycles. The predicted octanol–water partition coefficient (Wildman–Crippen LogP) is 1.99. The van der Waals surface area contributed by atoms with Crippen LogP contribution in [0.4, 0.5) is 0 Å². The van der Waals surface area contributed by atoms with Crippen LogP contribution in [0.1, 0.15) is 29.2 Å². The van der Waals surface area contributed by atoms with Gasteiger partial charge in [-0.15, -0.1) is 0 Å². The molecule has 0 radical (unpaired) electrons. The number of fused-ring (bicyclic) bond motifs is 1. The van der Waals surface area contributed by atoms with Crippen LogP contribution in [0, 0.1) is 0 Å². The summed E-state index contributed by atoms with van der Waals surface area (Å²) in [6, 6.07) is 6.52. The number of rotatable bonds is 4. The number of hydrogen-bond acceptors (Lipinski definition) is 3. The molecule has 4 heteroatoms. The fraction of sp³-hybridized carbons (Fsp3) is 0.400. The Hall–Kier alpha value is -1.81. The van der Waals surface area contributed by atoms with Crippen LogP contribution >= 0.6 is 0 Å². The van der Waals surface area contributed by atoms with E-state index in [0.717, 1.165) is 37.2 Å². The summed E-state index contributed by atoms with van der Waals surface area (Å²) in [6.07, 6.45) is 6.79. The number of aryl methyl sites for hydroxylation is 2. The Balaban J connectivity index is 1.63. The summed E-state index contributed by atoms with van der Waals surface area (Å²) in [5, 5.41) is 4.16. The van der Waals surface area contributed by atoms with Crippen LogP contribution < -0.4 is 10.5 Å². The lowest BCUT2D eigenvalue weighted by Crippen LogP contribution is -2.10. The van der Waals surface area contributed by atoms with Gasteiger partial charge in [0.25, 0.3) is 0 Å². The summed E-state index contributed by atoms with van der Waals surface area (Å²) < 4.78 is 7.31. The molecule has 0 amide bonds. The summed E-state index contributed by atoms with van der Waals surface area (Å²) in [5.41, 5.74) is 9.96. The zero-order valence-electron chi connectivity index (χ0n) is 11.2. The zero-order valence-corrected chi connectivity index (χ0v) is 11.2. The molecule has 2 aromatic rings. The summed E-state index contributed by atoms with van der Waals surface area (Å²) in [4.78, 5) is 0. The highest BCUT2D eigenvalue weighted by Gasteiger charge is 2.13. The van der Waals surface area contributed by atoms with Crippen molar-refractivity contribution in [1.29, 1.82) is 0 Å². The van der Waals surface area contributed by atoms with Gasteiger partial charge in [0.15, 0.2) is 0 Å². The first-order valence-electron chi connectivity index (χ1n) is 6.71. The summed E-state index contributed by atoms with van der Waals surface area (Å²) in [7, 11) is 1.91. The van der Waals surface area contributed by atoms with Gasteiger partial charge in [0, 0.05) is 31.3 Å². The van der Waals surface area contributed by atoms with Crippen LogP contribution in [0.15, 0.2) is 30.6 Å². The standard InChI is InChI=1S/C15H19N3O/c1-18-10-13(9-17-18)14(16)4-2-11-3-5-15-12(8-11)6-7-19-15/h3,5,8-10,14H,2,4,6-7,16H2,1H3. The second-order valence-electron chi connectivity index (χ2n) is 5.13. The number of aromatic nitrogens is 2. The fourth-order valence-electron chi connectivity index (χ4n) is 2.52. The number of ether oxygens (including phenoxy) is 1. The molecular formula is C15H19N3O. The van der Waals surface area contributed by atoms with E-state index in [-0.39, 0.29) is 6.04 Å². The van der Waals surface area contributed by atoms with E-state index in [1.54, 1.807) is 4.68 Å². The van der Waals surface area contributed by atoms with E-state index in [4.69, 9.17) is 10.5 Å². The molecule has 0 fully saturated rings. The monoisotopic (exact) mass is 257 g/mol. The molecule has 100 valence electrons. The van der Waals surface area contributed by atoms with Crippen LogP contribution in [0.25, 0.3) is 0 Å². The second kappa shape index (κ2) is 5.05. The molecule has 4 nitrogen and oxygen atoms in total. The van der Waals surface area contributed by atoms with Gasteiger partial charge in [-0.2, -0.15) is 5.10 Å². The van der Waals surface area contributed by atoms with Gasteiger partial charge in [-0.1, -0.05) is 12.1 Å². The topological polar surface area (TPSA) is 53.1 Å². The first kappa shape index (κ1) is 12.2. The van der Waals surface area contributed by atoms with E-state index in [9.17, 15) is 0 Å². The van der Waals surface area contributed by atoms with Crippen LogP contribution in [-0.4, -0.2) is 16.4 Å². The van der Waals surface area contributed by atoms with E-state index in [2.05, 4.69) is 23.3 Å². The third kappa shape index (κ3) is 2.63. The van der Waals surface area contributed by atoms with Gasteiger partial charge in [0.1, 0.15) is 5.75 Å². The summed E-state index contributed by atoms with van der Waals surface area (Å²) in [6.45, 7) is 0.813. The van der Waals surface area contributed by atoms with Gasteiger partial charge in [0.05, 0.1) is 12.8 Å². The van der Waals surface area contributed by atoms with E-state index in [0.29, 0.717) is 0 Å². The Morgan fingerprint density at radius 2 is 2.37 bits per heavy atom. The van der Waals surface area contributed by atoms with E-state index in [1.165, 1.54) is 11.1 Å². The maximum atomic E-state index is 6.19. The van der Waals surface area contributed by atoms with Crippen molar-refractivity contribution in [2.45, 2.75) is 25.3 Å². The maximum absolute atomic E-state index is 6.19. The third-order valence-electron chi connectivity index (χ3n) is 3.65. The molecular weight excluding hydrogens is 238 g/mol. The van der Waals surface area contributed by atoms with E-state index >= 15 is 0 Å². The predicted molar refractivity (Wildman–Crippen MR) is 74.1 cm³/mol. The van der Waals surface area contributed by atoms with Crippen molar-refractivity contribution >= 4 is 0 Å². The average Bonchev–Trinajstić information content (AvgIpc) is 3.03. The third-order valence-corrected chi connectivity index (χ3v) is 3.65. The average molecular weight is 257 g/mol. The Bertz CT molecular complexity index is 577. The minimum absolute atomic E-state index is 0.0539. The Morgan fingerprint density at radius 1 is 1.47 bits per heavy atom. The largest absolute Gasteiger partial charge is 0.493 e. The van der Waals surface area contributed by atoms with Gasteiger partial charge in [0.2, 0.25) is 0 Å². The van der Waals surface area contributed by atoms with Crippen LogP contribution in [0.2, 0.25) is 0 Å². The smallest absolute Gasteiger partial charge is 0.122 e. The number of nitrogens with zero attached hydrogens (tertiary/aromatic N) is 2. The molecule has 0 aliphatic carbocycles. The first-order valence-corrected chi connectivity index (χ1v) is 6.71. The van der Waals surface area contributed by atoms with Crippen molar-refractivity contribution in [3.8, 4) is 5.75 Å². The zero-order chi connectivity index (χ0) is 13.2. The Kier molecular flexibility index (Phi) is 3.25. The fourth-order valence-corrected chi connectivity index (χ4v) is 2.52. The molecule has 1 unspecified atom stereocenters. The number of benzene rings is 1. The lowest BCUT2D eigenvalue weighted by atomic mass is 10.00. The lowest BCUT2D eigenvalue weighted by molar-refractivity contribution is 0.357. The van der Waals surface area contributed by atoms with Crippen LogP contribution in [-0.2, 0) is 19.9 Å². The van der Waals surface area contributed by atoms with E-state index < -0.39 is 0 Å². The van der Waals surface area contributed by atoms with Gasteiger partial charge in [-0.3, -0.25) is 4.68 Å². The highest BCUT2D eigenvalue weighted by atomic mass is 16.5. The maximum Gasteiger partial charge on any atom is 0.122 e. The normalized spacial score (nSPS) is 15.1. The summed E-state index contributed by atoms with van der Waals surface area (Å²) >= 11 is 0. The molecule has 0 saturated carbocycles. The molecule has 1 aromatic heterocycles. The summed E-state index contributed by atoms with van der Waals surface area (Å²) in [5.74, 6) is 1.04. The highest BCUT2D eigenvalue weighted by Crippen LogP contribution is 2.27. The molecule has 1 aliphatic rings. The number of nitrogens with two attached hydrogens (primary N) is 1.